The van der Waals surface area contributed by atoms with E-state index in [4.69, 9.17) is 0 Å². The maximum atomic E-state index is 3.92. The summed E-state index contributed by atoms with van der Waals surface area (Å²) in [6, 6.07) is 10.9. The second kappa shape index (κ2) is 5.55. The number of aromatic nitrogens is 2. The number of hydrogen-bond acceptors (Lipinski definition) is 3. The largest absolute Gasteiger partial charge is 0.313 e. The van der Waals surface area contributed by atoms with E-state index in [-0.39, 0.29) is 6.04 Å². The molecule has 1 unspecified atom stereocenters. The maximum Gasteiger partial charge on any atom is 0.0544 e. The number of likely N-dealkylation sites (N-methyl/N-ethyl adjacent to an activating group) is 1. The molecule has 1 aromatic carbocycles. The maximum absolute atomic E-state index is 3.92. The number of nitrogens with zero attached hydrogens (tertiary/aromatic N) is 2. The second-order valence-corrected chi connectivity index (χ2v) is 4.21. The number of nitrogens with one attached hydrogen (secondary N) is 1. The van der Waals surface area contributed by atoms with Crippen molar-refractivity contribution in [2.45, 2.75) is 19.4 Å². The smallest absolute Gasteiger partial charge is 0.0544 e. The summed E-state index contributed by atoms with van der Waals surface area (Å²) in [4.78, 5) is 0. The molecule has 0 saturated heterocycles. The van der Waals surface area contributed by atoms with Crippen molar-refractivity contribution in [3.05, 3.63) is 59.4 Å². The molecule has 3 nitrogen and oxygen atoms in total. The van der Waals surface area contributed by atoms with Gasteiger partial charge in [0.05, 0.1) is 6.20 Å². The Morgan fingerprint density at radius 3 is 2.76 bits per heavy atom. The Bertz CT molecular complexity index is 468. The van der Waals surface area contributed by atoms with Gasteiger partial charge in [-0.2, -0.15) is 10.2 Å². The quantitative estimate of drug-likeness (QED) is 0.870. The van der Waals surface area contributed by atoms with E-state index in [9.17, 15) is 0 Å². The van der Waals surface area contributed by atoms with Gasteiger partial charge >= 0.3 is 0 Å². The molecule has 2 aromatic rings. The lowest BCUT2D eigenvalue weighted by Gasteiger charge is -2.16. The average molecular weight is 227 g/mol. The van der Waals surface area contributed by atoms with Crippen molar-refractivity contribution < 1.29 is 0 Å². The fourth-order valence-corrected chi connectivity index (χ4v) is 1.97. The van der Waals surface area contributed by atoms with Gasteiger partial charge in [0.15, 0.2) is 0 Å². The molecule has 0 aliphatic rings. The van der Waals surface area contributed by atoms with Gasteiger partial charge in [0, 0.05) is 12.2 Å². The standard InChI is InChI=1S/C14H17N3/c1-11-4-3-5-12(8-11)9-14(15-2)13-6-7-16-17-10-13/h3-8,10,14-15H,9H2,1-2H3. The molecule has 3 heteroatoms. The zero-order chi connectivity index (χ0) is 12.1. The highest BCUT2D eigenvalue weighted by molar-refractivity contribution is 5.25. The van der Waals surface area contributed by atoms with Gasteiger partial charge in [-0.05, 0) is 37.6 Å². The van der Waals surface area contributed by atoms with Crippen molar-refractivity contribution in [3.63, 3.8) is 0 Å². The van der Waals surface area contributed by atoms with Crippen LogP contribution in [0.1, 0.15) is 22.7 Å². The van der Waals surface area contributed by atoms with Gasteiger partial charge in [-0.15, -0.1) is 0 Å². The number of hydrogen-bond donors (Lipinski definition) is 1. The summed E-state index contributed by atoms with van der Waals surface area (Å²) < 4.78 is 0. The van der Waals surface area contributed by atoms with Crippen LogP contribution in [0.3, 0.4) is 0 Å². The minimum Gasteiger partial charge on any atom is -0.313 e. The minimum atomic E-state index is 0.285. The zero-order valence-electron chi connectivity index (χ0n) is 10.2. The molecule has 0 amide bonds. The van der Waals surface area contributed by atoms with Gasteiger partial charge in [0.2, 0.25) is 0 Å². The van der Waals surface area contributed by atoms with E-state index in [1.165, 1.54) is 16.7 Å². The number of rotatable bonds is 4. The van der Waals surface area contributed by atoms with E-state index >= 15 is 0 Å². The van der Waals surface area contributed by atoms with E-state index < -0.39 is 0 Å². The van der Waals surface area contributed by atoms with Gasteiger partial charge in [-0.3, -0.25) is 0 Å². The van der Waals surface area contributed by atoms with Crippen LogP contribution in [0.2, 0.25) is 0 Å². The SMILES string of the molecule is CNC(Cc1cccc(C)c1)c1ccnnc1. The normalized spacial score (nSPS) is 12.4. The van der Waals surface area contributed by atoms with Crippen LogP contribution < -0.4 is 5.32 Å². The minimum absolute atomic E-state index is 0.285. The Morgan fingerprint density at radius 1 is 1.24 bits per heavy atom. The van der Waals surface area contributed by atoms with Gasteiger partial charge in [0.25, 0.3) is 0 Å². The predicted molar refractivity (Wildman–Crippen MR) is 68.7 cm³/mol. The summed E-state index contributed by atoms with van der Waals surface area (Å²) in [5, 5.41) is 11.0. The number of aryl methyl sites for hydroxylation is 1. The third-order valence-corrected chi connectivity index (χ3v) is 2.88. The number of benzene rings is 1. The Kier molecular flexibility index (Phi) is 3.83. The molecule has 0 fully saturated rings. The van der Waals surface area contributed by atoms with Gasteiger partial charge in [-0.25, -0.2) is 0 Å². The van der Waals surface area contributed by atoms with Crippen molar-refractivity contribution in [2.75, 3.05) is 7.05 Å². The fraction of sp³-hybridized carbons (Fsp3) is 0.286. The van der Waals surface area contributed by atoms with Gasteiger partial charge < -0.3 is 5.32 Å². The molecule has 0 aliphatic heterocycles. The van der Waals surface area contributed by atoms with Crippen molar-refractivity contribution in [3.8, 4) is 0 Å². The van der Waals surface area contributed by atoms with Crippen molar-refractivity contribution >= 4 is 0 Å². The Labute approximate surface area is 102 Å². The molecule has 88 valence electrons. The molecule has 0 radical (unpaired) electrons. The van der Waals surface area contributed by atoms with Crippen molar-refractivity contribution in [1.29, 1.82) is 0 Å². The summed E-state index contributed by atoms with van der Waals surface area (Å²) in [7, 11) is 1.97. The van der Waals surface area contributed by atoms with Crippen LogP contribution in [0.15, 0.2) is 42.7 Å². The first kappa shape index (κ1) is 11.7. The van der Waals surface area contributed by atoms with Crippen LogP contribution in [0, 0.1) is 6.92 Å². The molecule has 1 heterocycles. The lowest BCUT2D eigenvalue weighted by molar-refractivity contribution is 0.587. The molecule has 2 rings (SSSR count). The summed E-state index contributed by atoms with van der Waals surface area (Å²) in [6.07, 6.45) is 4.51. The van der Waals surface area contributed by atoms with Crippen LogP contribution in [0.5, 0.6) is 0 Å². The third kappa shape index (κ3) is 3.11. The van der Waals surface area contributed by atoms with E-state index in [1.807, 2.05) is 19.3 Å². The molecular weight excluding hydrogens is 210 g/mol. The highest BCUT2D eigenvalue weighted by Gasteiger charge is 2.10. The van der Waals surface area contributed by atoms with Crippen molar-refractivity contribution in [1.82, 2.24) is 15.5 Å². The molecule has 0 aliphatic carbocycles. The predicted octanol–water partition coefficient (Wildman–Crippen LogP) is 2.29. The molecule has 0 bridgehead atoms. The van der Waals surface area contributed by atoms with Crippen LogP contribution >= 0.6 is 0 Å². The zero-order valence-corrected chi connectivity index (χ0v) is 10.2. The summed E-state index contributed by atoms with van der Waals surface area (Å²) in [6.45, 7) is 2.12. The molecule has 1 atom stereocenters. The highest BCUT2D eigenvalue weighted by atomic mass is 15.1. The average Bonchev–Trinajstić information content (AvgIpc) is 2.37. The molecule has 1 N–H and O–H groups in total. The Balaban J connectivity index is 2.16. The van der Waals surface area contributed by atoms with E-state index in [0.29, 0.717) is 0 Å². The first-order valence-electron chi connectivity index (χ1n) is 5.79. The van der Waals surface area contributed by atoms with E-state index in [2.05, 4.69) is 46.7 Å². The van der Waals surface area contributed by atoms with Crippen molar-refractivity contribution in [2.24, 2.45) is 0 Å². The summed E-state index contributed by atoms with van der Waals surface area (Å²) in [5.74, 6) is 0. The second-order valence-electron chi connectivity index (χ2n) is 4.21. The van der Waals surface area contributed by atoms with E-state index in [1.54, 1.807) is 6.20 Å². The molecule has 17 heavy (non-hydrogen) atoms. The molecule has 0 saturated carbocycles. The third-order valence-electron chi connectivity index (χ3n) is 2.88. The highest BCUT2D eigenvalue weighted by Crippen LogP contribution is 2.17. The first-order valence-corrected chi connectivity index (χ1v) is 5.79. The van der Waals surface area contributed by atoms with Crippen LogP contribution in [-0.4, -0.2) is 17.2 Å². The van der Waals surface area contributed by atoms with Gasteiger partial charge in [-0.1, -0.05) is 29.8 Å². The van der Waals surface area contributed by atoms with Crippen LogP contribution in [0.25, 0.3) is 0 Å². The monoisotopic (exact) mass is 227 g/mol. The molecule has 1 aromatic heterocycles. The molecule has 0 spiro atoms. The van der Waals surface area contributed by atoms with Gasteiger partial charge in [0.1, 0.15) is 0 Å². The first-order chi connectivity index (χ1) is 8.29. The van der Waals surface area contributed by atoms with E-state index in [0.717, 1.165) is 6.42 Å². The van der Waals surface area contributed by atoms with Crippen LogP contribution in [0.4, 0.5) is 0 Å². The lowest BCUT2D eigenvalue weighted by atomic mass is 9.99. The Hall–Kier alpha value is -1.74. The summed E-state index contributed by atoms with van der Waals surface area (Å²) in [5.41, 5.74) is 3.80. The molecular formula is C14H17N3. The summed E-state index contributed by atoms with van der Waals surface area (Å²) >= 11 is 0. The van der Waals surface area contributed by atoms with Crippen LogP contribution in [-0.2, 0) is 6.42 Å². The Morgan fingerprint density at radius 2 is 2.12 bits per heavy atom. The lowest BCUT2D eigenvalue weighted by Crippen LogP contribution is -2.19. The topological polar surface area (TPSA) is 37.8 Å². The fourth-order valence-electron chi connectivity index (χ4n) is 1.97.